The molecule has 0 bridgehead atoms. The van der Waals surface area contributed by atoms with Crippen molar-refractivity contribution in [1.29, 1.82) is 0 Å². The number of rotatable bonds is 7. The van der Waals surface area contributed by atoms with E-state index in [1.54, 1.807) is 11.8 Å². The molecule has 2 heteroatoms. The lowest BCUT2D eigenvalue weighted by atomic mass is 10.2. The summed E-state index contributed by atoms with van der Waals surface area (Å²) in [5, 5.41) is 0. The lowest BCUT2D eigenvalue weighted by molar-refractivity contribution is -0.116. The van der Waals surface area contributed by atoms with E-state index >= 15 is 0 Å². The smallest absolute Gasteiger partial charge is 0.142 e. The first-order chi connectivity index (χ1) is 5.81. The van der Waals surface area contributed by atoms with Crippen LogP contribution in [0.15, 0.2) is 0 Å². The molecule has 0 atom stereocenters. The molecule has 0 unspecified atom stereocenters. The van der Waals surface area contributed by atoms with Gasteiger partial charge in [0.1, 0.15) is 5.78 Å². The Morgan fingerprint density at radius 2 is 2.33 bits per heavy atom. The SMILES string of the molecule is C#CCCCC(=O)CSCCC. The van der Waals surface area contributed by atoms with E-state index in [0.717, 1.165) is 25.0 Å². The van der Waals surface area contributed by atoms with Crippen LogP contribution >= 0.6 is 11.8 Å². The summed E-state index contributed by atoms with van der Waals surface area (Å²) in [4.78, 5) is 11.1. The van der Waals surface area contributed by atoms with Crippen LogP contribution in [-0.2, 0) is 4.79 Å². The third-order valence-electron chi connectivity index (χ3n) is 1.39. The van der Waals surface area contributed by atoms with Crippen LogP contribution in [-0.4, -0.2) is 17.3 Å². The van der Waals surface area contributed by atoms with Gasteiger partial charge in [0.2, 0.25) is 0 Å². The molecule has 12 heavy (non-hydrogen) atoms. The molecule has 0 heterocycles. The molecule has 0 saturated carbocycles. The van der Waals surface area contributed by atoms with Gasteiger partial charge in [-0.1, -0.05) is 6.92 Å². The third kappa shape index (κ3) is 7.68. The highest BCUT2D eigenvalue weighted by Crippen LogP contribution is 2.05. The van der Waals surface area contributed by atoms with E-state index in [2.05, 4.69) is 12.8 Å². The van der Waals surface area contributed by atoms with Crippen LogP contribution in [0.2, 0.25) is 0 Å². The zero-order valence-corrected chi connectivity index (χ0v) is 8.45. The van der Waals surface area contributed by atoms with Crippen LogP contribution in [0, 0.1) is 12.3 Å². The van der Waals surface area contributed by atoms with Gasteiger partial charge in [-0.2, -0.15) is 11.8 Å². The van der Waals surface area contributed by atoms with Gasteiger partial charge >= 0.3 is 0 Å². The lowest BCUT2D eigenvalue weighted by Gasteiger charge is -1.97. The number of hydrogen-bond acceptors (Lipinski definition) is 2. The van der Waals surface area contributed by atoms with E-state index in [1.165, 1.54) is 0 Å². The van der Waals surface area contributed by atoms with Crippen molar-refractivity contribution in [1.82, 2.24) is 0 Å². The molecule has 0 aliphatic heterocycles. The highest BCUT2D eigenvalue weighted by molar-refractivity contribution is 7.99. The predicted octanol–water partition coefficient (Wildman–Crippen LogP) is 2.50. The molecule has 1 nitrogen and oxygen atoms in total. The van der Waals surface area contributed by atoms with Crippen molar-refractivity contribution in [2.24, 2.45) is 0 Å². The van der Waals surface area contributed by atoms with Gasteiger partial charge in [0.05, 0.1) is 5.75 Å². The molecule has 0 aromatic heterocycles. The Balaban J connectivity index is 3.17. The summed E-state index contributed by atoms with van der Waals surface area (Å²) in [6, 6.07) is 0. The number of hydrogen-bond donors (Lipinski definition) is 0. The van der Waals surface area contributed by atoms with E-state index in [0.29, 0.717) is 18.0 Å². The summed E-state index contributed by atoms with van der Waals surface area (Å²) in [7, 11) is 0. The zero-order chi connectivity index (χ0) is 9.23. The van der Waals surface area contributed by atoms with Crippen LogP contribution in [0.1, 0.15) is 32.6 Å². The normalized spacial score (nSPS) is 9.33. The molecule has 0 spiro atoms. The highest BCUT2D eigenvalue weighted by atomic mass is 32.2. The Morgan fingerprint density at radius 3 is 2.92 bits per heavy atom. The second-order valence-electron chi connectivity index (χ2n) is 2.65. The number of terminal acetylenes is 1. The topological polar surface area (TPSA) is 17.1 Å². The molecule has 0 radical (unpaired) electrons. The molecule has 0 aromatic carbocycles. The largest absolute Gasteiger partial charge is 0.299 e. The number of thioether (sulfide) groups is 1. The van der Waals surface area contributed by atoms with Gasteiger partial charge in [-0.15, -0.1) is 12.3 Å². The summed E-state index contributed by atoms with van der Waals surface area (Å²) in [6.07, 6.45) is 8.44. The summed E-state index contributed by atoms with van der Waals surface area (Å²) < 4.78 is 0. The zero-order valence-electron chi connectivity index (χ0n) is 7.64. The van der Waals surface area contributed by atoms with Crippen LogP contribution in [0.5, 0.6) is 0 Å². The minimum absolute atomic E-state index is 0.337. The molecule has 0 aliphatic rings. The molecule has 0 aromatic rings. The van der Waals surface area contributed by atoms with E-state index in [9.17, 15) is 4.79 Å². The minimum atomic E-state index is 0.337. The molecule has 0 N–H and O–H groups in total. The maximum Gasteiger partial charge on any atom is 0.142 e. The standard InChI is InChI=1S/C10H16OS/c1-3-5-6-7-10(11)9-12-8-4-2/h1H,4-9H2,2H3. The van der Waals surface area contributed by atoms with Crippen molar-refractivity contribution in [2.45, 2.75) is 32.6 Å². The van der Waals surface area contributed by atoms with Gasteiger partial charge in [-0.05, 0) is 18.6 Å². The van der Waals surface area contributed by atoms with E-state index in [4.69, 9.17) is 6.42 Å². The fourth-order valence-electron chi connectivity index (χ4n) is 0.790. The van der Waals surface area contributed by atoms with E-state index < -0.39 is 0 Å². The fraction of sp³-hybridized carbons (Fsp3) is 0.700. The van der Waals surface area contributed by atoms with Crippen LogP contribution in [0.25, 0.3) is 0 Å². The summed E-state index contributed by atoms with van der Waals surface area (Å²) in [5.74, 6) is 4.62. The van der Waals surface area contributed by atoms with Gasteiger partial charge in [0.15, 0.2) is 0 Å². The highest BCUT2D eigenvalue weighted by Gasteiger charge is 1.99. The Hall–Kier alpha value is -0.420. The van der Waals surface area contributed by atoms with Crippen molar-refractivity contribution >= 4 is 17.5 Å². The van der Waals surface area contributed by atoms with Gasteiger partial charge < -0.3 is 0 Å². The minimum Gasteiger partial charge on any atom is -0.299 e. The summed E-state index contributed by atoms with van der Waals surface area (Å²) >= 11 is 1.72. The number of ketones is 1. The Morgan fingerprint density at radius 1 is 1.58 bits per heavy atom. The van der Waals surface area contributed by atoms with E-state index in [-0.39, 0.29) is 0 Å². The molecule has 0 rings (SSSR count). The Bertz CT molecular complexity index is 158. The van der Waals surface area contributed by atoms with Gasteiger partial charge in [0, 0.05) is 12.8 Å². The molecular weight excluding hydrogens is 168 g/mol. The van der Waals surface area contributed by atoms with Crippen molar-refractivity contribution in [3.63, 3.8) is 0 Å². The third-order valence-corrected chi connectivity index (χ3v) is 2.61. The van der Waals surface area contributed by atoms with Crippen LogP contribution in [0.3, 0.4) is 0 Å². The van der Waals surface area contributed by atoms with Crippen molar-refractivity contribution < 1.29 is 4.79 Å². The second kappa shape index (κ2) is 8.67. The summed E-state index contributed by atoms with van der Waals surface area (Å²) in [5.41, 5.74) is 0. The molecule has 68 valence electrons. The first kappa shape index (κ1) is 11.6. The summed E-state index contributed by atoms with van der Waals surface area (Å²) in [6.45, 7) is 2.12. The average molecular weight is 184 g/mol. The molecule has 0 fully saturated rings. The fourth-order valence-corrected chi connectivity index (χ4v) is 1.60. The maximum absolute atomic E-state index is 11.1. The monoisotopic (exact) mass is 184 g/mol. The number of unbranched alkanes of at least 4 members (excludes halogenated alkanes) is 1. The van der Waals surface area contributed by atoms with E-state index in [1.807, 2.05) is 0 Å². The molecule has 0 aliphatic carbocycles. The second-order valence-corrected chi connectivity index (χ2v) is 3.75. The Labute approximate surface area is 79.3 Å². The van der Waals surface area contributed by atoms with Crippen molar-refractivity contribution in [2.75, 3.05) is 11.5 Å². The predicted molar refractivity (Wildman–Crippen MR) is 55.3 cm³/mol. The van der Waals surface area contributed by atoms with Gasteiger partial charge in [-0.25, -0.2) is 0 Å². The van der Waals surface area contributed by atoms with Gasteiger partial charge in [0.25, 0.3) is 0 Å². The van der Waals surface area contributed by atoms with Crippen molar-refractivity contribution in [3.8, 4) is 12.3 Å². The molecular formula is C10H16OS. The first-order valence-corrected chi connectivity index (χ1v) is 5.49. The molecule has 0 amide bonds. The van der Waals surface area contributed by atoms with Crippen LogP contribution < -0.4 is 0 Å². The Kier molecular flexibility index (Phi) is 8.37. The molecule has 0 saturated heterocycles. The maximum atomic E-state index is 11.1. The number of carbonyl (C=O) groups excluding carboxylic acids is 1. The first-order valence-electron chi connectivity index (χ1n) is 4.34. The lowest BCUT2D eigenvalue weighted by Crippen LogP contribution is -2.01. The average Bonchev–Trinajstić information content (AvgIpc) is 2.06. The quantitative estimate of drug-likeness (QED) is 0.446. The number of carbonyl (C=O) groups is 1. The number of Topliss-reactive ketones (excluding diaryl/α,β-unsaturated/α-hetero) is 1. The van der Waals surface area contributed by atoms with Gasteiger partial charge in [-0.3, -0.25) is 4.79 Å². The van der Waals surface area contributed by atoms with Crippen molar-refractivity contribution in [3.05, 3.63) is 0 Å². The van der Waals surface area contributed by atoms with Crippen LogP contribution in [0.4, 0.5) is 0 Å².